The Hall–Kier alpha value is -0.450. The fourth-order valence-electron chi connectivity index (χ4n) is 3.21. The van der Waals surface area contributed by atoms with Crippen molar-refractivity contribution in [2.45, 2.75) is 91.6 Å². The Balaban J connectivity index is 2.60. The average molecular weight is 328 g/mol. The second-order valence-electron chi connectivity index (χ2n) is 7.42. The van der Waals surface area contributed by atoms with Gasteiger partial charge in [-0.15, -0.1) is 0 Å². The molecule has 4 atom stereocenters. The van der Waals surface area contributed by atoms with Crippen molar-refractivity contribution in [1.29, 1.82) is 0 Å². The van der Waals surface area contributed by atoms with Crippen molar-refractivity contribution in [1.82, 2.24) is 0 Å². The Kier molecular flexibility index (Phi) is 9.33. The molecule has 0 aliphatic heterocycles. The zero-order chi connectivity index (χ0) is 17.4. The van der Waals surface area contributed by atoms with Gasteiger partial charge in [0.15, 0.2) is 5.78 Å². The summed E-state index contributed by atoms with van der Waals surface area (Å²) in [5.74, 6) is 0.924. The molecule has 1 fully saturated rings. The van der Waals surface area contributed by atoms with Crippen LogP contribution in [0.5, 0.6) is 0 Å². The Morgan fingerprint density at radius 1 is 1.13 bits per heavy atom. The maximum atomic E-state index is 11.9. The molecular weight excluding hydrogens is 292 g/mol. The minimum Gasteiger partial charge on any atom is -0.378 e. The van der Waals surface area contributed by atoms with Crippen molar-refractivity contribution >= 4 is 5.78 Å². The van der Waals surface area contributed by atoms with Crippen LogP contribution in [0.25, 0.3) is 0 Å². The van der Waals surface area contributed by atoms with Crippen molar-refractivity contribution < 1.29 is 19.0 Å². The number of hydrogen-bond donors (Lipinski definition) is 0. The number of Topliss-reactive ketones (excluding diaryl/α,β-unsaturated/α-hetero) is 1. The second-order valence-corrected chi connectivity index (χ2v) is 7.42. The van der Waals surface area contributed by atoms with E-state index in [1.54, 1.807) is 0 Å². The lowest BCUT2D eigenvalue weighted by Gasteiger charge is -2.28. The molecule has 0 N–H and O–H groups in total. The van der Waals surface area contributed by atoms with Crippen molar-refractivity contribution in [2.75, 3.05) is 13.2 Å². The summed E-state index contributed by atoms with van der Waals surface area (Å²) in [4.78, 5) is 11.9. The first-order chi connectivity index (χ1) is 10.8. The molecule has 23 heavy (non-hydrogen) atoms. The normalized spacial score (nSPS) is 28.0. The van der Waals surface area contributed by atoms with Crippen LogP contribution in [0.4, 0.5) is 0 Å². The summed E-state index contributed by atoms with van der Waals surface area (Å²) in [6.07, 6.45) is 4.00. The zero-order valence-corrected chi connectivity index (χ0v) is 15.8. The molecule has 136 valence electrons. The number of ether oxygens (including phenoxy) is 3. The van der Waals surface area contributed by atoms with Gasteiger partial charge in [-0.25, -0.2) is 0 Å². The van der Waals surface area contributed by atoms with E-state index in [9.17, 15) is 4.79 Å². The van der Waals surface area contributed by atoms with Gasteiger partial charge in [-0.3, -0.25) is 4.79 Å². The van der Waals surface area contributed by atoms with Crippen molar-refractivity contribution in [2.24, 2.45) is 11.8 Å². The molecule has 0 aromatic carbocycles. The van der Waals surface area contributed by atoms with Gasteiger partial charge in [0.1, 0.15) is 6.61 Å². The molecule has 0 radical (unpaired) electrons. The van der Waals surface area contributed by atoms with Gasteiger partial charge in [-0.2, -0.15) is 0 Å². The van der Waals surface area contributed by atoms with Gasteiger partial charge in [-0.1, -0.05) is 20.3 Å². The predicted octanol–water partition coefficient (Wildman–Crippen LogP) is 4.01. The maximum Gasteiger partial charge on any atom is 0.158 e. The number of carbonyl (C=O) groups is 1. The zero-order valence-electron chi connectivity index (χ0n) is 15.8. The van der Waals surface area contributed by atoms with Crippen LogP contribution in [0.15, 0.2) is 0 Å². The lowest BCUT2D eigenvalue weighted by atomic mass is 10.1. The lowest BCUT2D eigenvalue weighted by molar-refractivity contribution is -0.136. The van der Waals surface area contributed by atoms with Crippen LogP contribution in [0.2, 0.25) is 0 Å². The molecular formula is C19H36O4. The fraction of sp³-hybridized carbons (Fsp3) is 0.947. The largest absolute Gasteiger partial charge is 0.378 e. The van der Waals surface area contributed by atoms with E-state index in [4.69, 9.17) is 14.2 Å². The van der Waals surface area contributed by atoms with Gasteiger partial charge in [0.2, 0.25) is 0 Å². The average Bonchev–Trinajstić information content (AvgIpc) is 2.75. The van der Waals surface area contributed by atoms with E-state index < -0.39 is 0 Å². The highest BCUT2D eigenvalue weighted by atomic mass is 16.6. The highest BCUT2D eigenvalue weighted by Gasteiger charge is 2.43. The Morgan fingerprint density at radius 2 is 1.83 bits per heavy atom. The van der Waals surface area contributed by atoms with Crippen LogP contribution < -0.4 is 0 Å². The Labute approximate surface area is 142 Å². The molecule has 1 aliphatic rings. The monoisotopic (exact) mass is 328 g/mol. The number of hydrogen-bond acceptors (Lipinski definition) is 4. The van der Waals surface area contributed by atoms with Gasteiger partial charge in [-0.05, 0) is 46.5 Å². The fourth-order valence-corrected chi connectivity index (χ4v) is 3.21. The molecule has 1 aliphatic carbocycles. The van der Waals surface area contributed by atoms with E-state index in [2.05, 4.69) is 27.7 Å². The van der Waals surface area contributed by atoms with E-state index >= 15 is 0 Å². The van der Waals surface area contributed by atoms with Gasteiger partial charge in [0.05, 0.1) is 31.0 Å². The summed E-state index contributed by atoms with van der Waals surface area (Å²) in [6.45, 7) is 13.4. The van der Waals surface area contributed by atoms with E-state index in [1.807, 2.05) is 13.8 Å². The van der Waals surface area contributed by atoms with Crippen molar-refractivity contribution in [3.8, 4) is 0 Å². The number of unbranched alkanes of at least 4 members (excludes halogenated alkanes) is 1. The van der Waals surface area contributed by atoms with E-state index in [1.165, 1.54) is 0 Å². The van der Waals surface area contributed by atoms with Crippen LogP contribution in [0, 0.1) is 11.8 Å². The quantitative estimate of drug-likeness (QED) is 0.575. The minimum absolute atomic E-state index is 0.0104. The maximum absolute atomic E-state index is 11.9. The van der Waals surface area contributed by atoms with Crippen LogP contribution >= 0.6 is 0 Å². The van der Waals surface area contributed by atoms with Crippen LogP contribution in [-0.4, -0.2) is 43.4 Å². The molecule has 0 saturated heterocycles. The van der Waals surface area contributed by atoms with Gasteiger partial charge >= 0.3 is 0 Å². The van der Waals surface area contributed by atoms with Crippen LogP contribution in [0.1, 0.15) is 67.2 Å². The first kappa shape index (κ1) is 20.6. The molecule has 1 unspecified atom stereocenters. The van der Waals surface area contributed by atoms with E-state index in [0.717, 1.165) is 19.3 Å². The van der Waals surface area contributed by atoms with E-state index in [-0.39, 0.29) is 36.8 Å². The molecule has 4 heteroatoms. The second kappa shape index (κ2) is 10.4. The van der Waals surface area contributed by atoms with E-state index in [0.29, 0.717) is 24.9 Å². The number of rotatable bonds is 11. The van der Waals surface area contributed by atoms with Crippen LogP contribution in [0.3, 0.4) is 0 Å². The molecule has 1 rings (SSSR count). The third kappa shape index (κ3) is 7.32. The standard InChI is InChI=1S/C19H36O4/c1-7-8-9-17(20)12-22-18-15(6)10-16(11-21-13(2)3)19(18)23-14(4)5/h13-16,18-19H,7-12H2,1-6H3/t15-,16?,18+,19-/m1/s1. The number of ketones is 1. The summed E-state index contributed by atoms with van der Waals surface area (Å²) >= 11 is 0. The molecule has 0 amide bonds. The highest BCUT2D eigenvalue weighted by Crippen LogP contribution is 2.36. The molecule has 0 spiro atoms. The summed E-state index contributed by atoms with van der Waals surface area (Å²) in [5, 5.41) is 0. The lowest BCUT2D eigenvalue weighted by Crippen LogP contribution is -2.38. The smallest absolute Gasteiger partial charge is 0.158 e. The van der Waals surface area contributed by atoms with Gasteiger partial charge in [0, 0.05) is 12.3 Å². The molecule has 1 saturated carbocycles. The first-order valence-corrected chi connectivity index (χ1v) is 9.25. The Bertz CT molecular complexity index is 340. The topological polar surface area (TPSA) is 44.8 Å². The highest BCUT2D eigenvalue weighted by molar-refractivity contribution is 5.79. The molecule has 0 heterocycles. The SMILES string of the molecule is CCCCC(=O)CO[C@H]1[C@H](C)CC(COC(C)C)[C@H]1OC(C)C. The van der Waals surface area contributed by atoms with Gasteiger partial charge < -0.3 is 14.2 Å². The predicted molar refractivity (Wildman–Crippen MR) is 92.6 cm³/mol. The summed E-state index contributed by atoms with van der Waals surface area (Å²) < 4.78 is 17.9. The Morgan fingerprint density at radius 3 is 2.39 bits per heavy atom. The molecule has 0 aromatic heterocycles. The third-order valence-corrected chi connectivity index (χ3v) is 4.34. The summed E-state index contributed by atoms with van der Waals surface area (Å²) in [7, 11) is 0. The van der Waals surface area contributed by atoms with Crippen molar-refractivity contribution in [3.63, 3.8) is 0 Å². The van der Waals surface area contributed by atoms with Crippen molar-refractivity contribution in [3.05, 3.63) is 0 Å². The molecule has 4 nitrogen and oxygen atoms in total. The summed E-state index contributed by atoms with van der Waals surface area (Å²) in [5.41, 5.74) is 0. The van der Waals surface area contributed by atoms with Crippen LogP contribution in [-0.2, 0) is 19.0 Å². The summed E-state index contributed by atoms with van der Waals surface area (Å²) in [6, 6.07) is 0. The number of carbonyl (C=O) groups excluding carboxylic acids is 1. The molecule has 0 aromatic rings. The van der Waals surface area contributed by atoms with Gasteiger partial charge in [0.25, 0.3) is 0 Å². The minimum atomic E-state index is -0.0104. The first-order valence-electron chi connectivity index (χ1n) is 9.25. The third-order valence-electron chi connectivity index (χ3n) is 4.34. The molecule has 0 bridgehead atoms.